The number of nitrogens with zero attached hydrogens (tertiary/aromatic N) is 1. The van der Waals surface area contributed by atoms with Gasteiger partial charge in [-0.1, -0.05) is 20.8 Å². The molecule has 1 fully saturated rings. The first-order valence-corrected chi connectivity index (χ1v) is 7.53. The van der Waals surface area contributed by atoms with Crippen LogP contribution in [0.3, 0.4) is 0 Å². The molecule has 4 heteroatoms. The van der Waals surface area contributed by atoms with Gasteiger partial charge in [0.05, 0.1) is 5.69 Å². The normalized spacial score (nSPS) is 20.5. The average molecular weight is 332 g/mol. The van der Waals surface area contributed by atoms with Crippen molar-refractivity contribution < 1.29 is 8.78 Å². The minimum atomic E-state index is -2.48. The molecule has 19 heavy (non-hydrogen) atoms. The molecular formula is C15H20BrF2N. The molecule has 106 valence electrons. The summed E-state index contributed by atoms with van der Waals surface area (Å²) in [4.78, 5) is 4.72. The van der Waals surface area contributed by atoms with Gasteiger partial charge in [0.1, 0.15) is 0 Å². The number of hydrogen-bond donors (Lipinski definition) is 0. The standard InChI is InChI=1S/C15H20BrF2N/c1-14(2,3)12-5-4-11(16)13(19-12)10-6-8-15(17,18)9-7-10/h4-5,10H,6-9H2,1-3H3. The molecule has 0 aliphatic heterocycles. The third-order valence-corrected chi connectivity index (χ3v) is 4.42. The van der Waals surface area contributed by atoms with E-state index in [1.54, 1.807) is 0 Å². The molecule has 1 aliphatic carbocycles. The van der Waals surface area contributed by atoms with E-state index in [9.17, 15) is 8.78 Å². The second kappa shape index (κ2) is 5.12. The molecule has 0 atom stereocenters. The van der Waals surface area contributed by atoms with E-state index in [2.05, 4.69) is 36.7 Å². The number of pyridine rings is 1. The second-order valence-corrected chi connectivity index (χ2v) is 7.30. The molecule has 2 rings (SSSR count). The Balaban J connectivity index is 2.25. The van der Waals surface area contributed by atoms with Gasteiger partial charge in [-0.2, -0.15) is 0 Å². The zero-order valence-corrected chi connectivity index (χ0v) is 13.2. The fourth-order valence-corrected chi connectivity index (χ4v) is 3.02. The monoisotopic (exact) mass is 331 g/mol. The van der Waals surface area contributed by atoms with Crippen LogP contribution in [0.2, 0.25) is 0 Å². The maximum absolute atomic E-state index is 13.2. The van der Waals surface area contributed by atoms with Crippen LogP contribution in [-0.2, 0) is 5.41 Å². The highest BCUT2D eigenvalue weighted by atomic mass is 79.9. The Hall–Kier alpha value is -0.510. The lowest BCUT2D eigenvalue weighted by molar-refractivity contribution is -0.0385. The van der Waals surface area contributed by atoms with Crippen molar-refractivity contribution in [2.45, 2.75) is 63.7 Å². The van der Waals surface area contributed by atoms with Crippen LogP contribution < -0.4 is 0 Å². The van der Waals surface area contributed by atoms with Crippen LogP contribution >= 0.6 is 15.9 Å². The van der Waals surface area contributed by atoms with Gasteiger partial charge in [0, 0.05) is 34.3 Å². The summed E-state index contributed by atoms with van der Waals surface area (Å²) in [6.45, 7) is 6.34. The maximum Gasteiger partial charge on any atom is 0.248 e. The summed E-state index contributed by atoms with van der Waals surface area (Å²) >= 11 is 3.51. The van der Waals surface area contributed by atoms with Gasteiger partial charge in [0.15, 0.2) is 0 Å². The van der Waals surface area contributed by atoms with Crippen molar-refractivity contribution in [3.05, 3.63) is 28.0 Å². The lowest BCUT2D eigenvalue weighted by Gasteiger charge is -2.29. The van der Waals surface area contributed by atoms with Crippen LogP contribution in [0.15, 0.2) is 16.6 Å². The Morgan fingerprint density at radius 2 is 1.79 bits per heavy atom. The van der Waals surface area contributed by atoms with Crippen molar-refractivity contribution >= 4 is 15.9 Å². The molecule has 0 amide bonds. The molecule has 1 aromatic rings. The minimum absolute atomic E-state index is 0.0198. The molecule has 0 N–H and O–H groups in total. The van der Waals surface area contributed by atoms with E-state index in [-0.39, 0.29) is 24.2 Å². The number of rotatable bonds is 1. The molecule has 1 nitrogen and oxygen atoms in total. The van der Waals surface area contributed by atoms with Crippen molar-refractivity contribution in [3.8, 4) is 0 Å². The van der Waals surface area contributed by atoms with Crippen molar-refractivity contribution in [1.29, 1.82) is 0 Å². The molecular weight excluding hydrogens is 312 g/mol. The lowest BCUT2D eigenvalue weighted by atomic mass is 9.83. The maximum atomic E-state index is 13.2. The van der Waals surface area contributed by atoms with Gasteiger partial charge in [-0.25, -0.2) is 8.78 Å². The summed E-state index contributed by atoms with van der Waals surface area (Å²) in [6.07, 6.45) is 0.995. The highest BCUT2D eigenvalue weighted by molar-refractivity contribution is 9.10. The van der Waals surface area contributed by atoms with Crippen molar-refractivity contribution in [2.75, 3.05) is 0 Å². The number of halogens is 3. The quantitative estimate of drug-likeness (QED) is 0.668. The van der Waals surface area contributed by atoms with E-state index >= 15 is 0 Å². The Kier molecular flexibility index (Phi) is 4.01. The summed E-state index contributed by atoms with van der Waals surface area (Å²) in [6, 6.07) is 4.00. The molecule has 1 heterocycles. The first-order chi connectivity index (χ1) is 8.69. The van der Waals surface area contributed by atoms with E-state index in [0.29, 0.717) is 12.8 Å². The van der Waals surface area contributed by atoms with Crippen LogP contribution in [0.25, 0.3) is 0 Å². The smallest absolute Gasteiger partial charge is 0.248 e. The summed E-state index contributed by atoms with van der Waals surface area (Å²) in [5.41, 5.74) is 1.94. The van der Waals surface area contributed by atoms with Crippen LogP contribution in [0, 0.1) is 0 Å². The third-order valence-electron chi connectivity index (χ3n) is 3.75. The van der Waals surface area contributed by atoms with Crippen molar-refractivity contribution in [2.24, 2.45) is 0 Å². The SMILES string of the molecule is CC(C)(C)c1ccc(Br)c(C2CCC(F)(F)CC2)n1. The van der Waals surface area contributed by atoms with Gasteiger partial charge in [0.2, 0.25) is 5.92 Å². The predicted octanol–water partition coefficient (Wildman–Crippen LogP) is 5.43. The minimum Gasteiger partial charge on any atom is -0.256 e. The zero-order valence-electron chi connectivity index (χ0n) is 11.6. The molecule has 1 saturated carbocycles. The molecule has 0 bridgehead atoms. The van der Waals surface area contributed by atoms with E-state index in [1.165, 1.54) is 0 Å². The predicted molar refractivity (Wildman–Crippen MR) is 76.8 cm³/mol. The van der Waals surface area contributed by atoms with E-state index < -0.39 is 5.92 Å². The van der Waals surface area contributed by atoms with Gasteiger partial charge in [-0.3, -0.25) is 4.98 Å². The van der Waals surface area contributed by atoms with Crippen molar-refractivity contribution in [1.82, 2.24) is 4.98 Å². The second-order valence-electron chi connectivity index (χ2n) is 6.44. The van der Waals surface area contributed by atoms with Gasteiger partial charge in [-0.15, -0.1) is 0 Å². The Morgan fingerprint density at radius 1 is 1.21 bits per heavy atom. The molecule has 0 saturated heterocycles. The van der Waals surface area contributed by atoms with Gasteiger partial charge >= 0.3 is 0 Å². The average Bonchev–Trinajstić information content (AvgIpc) is 2.29. The highest BCUT2D eigenvalue weighted by Gasteiger charge is 2.36. The van der Waals surface area contributed by atoms with E-state index in [0.717, 1.165) is 15.9 Å². The molecule has 1 aliphatic rings. The topological polar surface area (TPSA) is 12.9 Å². The molecule has 0 unspecified atom stereocenters. The van der Waals surface area contributed by atoms with Gasteiger partial charge in [0.25, 0.3) is 0 Å². The van der Waals surface area contributed by atoms with Crippen LogP contribution in [0.4, 0.5) is 8.78 Å². The fourth-order valence-electron chi connectivity index (χ4n) is 2.48. The highest BCUT2D eigenvalue weighted by Crippen LogP contribution is 2.42. The summed E-state index contributed by atoms with van der Waals surface area (Å²) in [7, 11) is 0. The fraction of sp³-hybridized carbons (Fsp3) is 0.667. The van der Waals surface area contributed by atoms with Gasteiger partial charge < -0.3 is 0 Å². The first-order valence-electron chi connectivity index (χ1n) is 6.74. The van der Waals surface area contributed by atoms with Gasteiger partial charge in [-0.05, 0) is 40.9 Å². The largest absolute Gasteiger partial charge is 0.256 e. The summed E-state index contributed by atoms with van der Waals surface area (Å²) in [5.74, 6) is -2.33. The Labute approximate surface area is 121 Å². The van der Waals surface area contributed by atoms with Crippen LogP contribution in [0.5, 0.6) is 0 Å². The summed E-state index contributed by atoms with van der Waals surface area (Å²) < 4.78 is 27.4. The lowest BCUT2D eigenvalue weighted by Crippen LogP contribution is -2.25. The zero-order chi connectivity index (χ0) is 14.3. The Bertz CT molecular complexity index is 456. The first kappa shape index (κ1) is 14.9. The van der Waals surface area contributed by atoms with Crippen molar-refractivity contribution in [3.63, 3.8) is 0 Å². The molecule has 1 aromatic heterocycles. The van der Waals surface area contributed by atoms with E-state index in [1.807, 2.05) is 12.1 Å². The molecule has 0 aromatic carbocycles. The summed E-state index contributed by atoms with van der Waals surface area (Å²) in [5, 5.41) is 0. The molecule has 0 spiro atoms. The van der Waals surface area contributed by atoms with E-state index in [4.69, 9.17) is 4.98 Å². The third kappa shape index (κ3) is 3.53. The number of hydrogen-bond acceptors (Lipinski definition) is 1. The van der Waals surface area contributed by atoms with Crippen LogP contribution in [0.1, 0.15) is 63.8 Å². The molecule has 0 radical (unpaired) electrons. The number of alkyl halides is 2. The van der Waals surface area contributed by atoms with Crippen LogP contribution in [-0.4, -0.2) is 10.9 Å². The Morgan fingerprint density at radius 3 is 2.32 bits per heavy atom. The number of aromatic nitrogens is 1.